The van der Waals surface area contributed by atoms with Crippen LogP contribution in [0.25, 0.3) is 5.70 Å². The lowest BCUT2D eigenvalue weighted by Gasteiger charge is -2.30. The minimum absolute atomic E-state index is 0.424. The van der Waals surface area contributed by atoms with Crippen LogP contribution in [0, 0.1) is 11.5 Å². The van der Waals surface area contributed by atoms with Gasteiger partial charge in [-0.3, -0.25) is 5.32 Å². The Bertz CT molecular complexity index is 612. The van der Waals surface area contributed by atoms with Gasteiger partial charge in [0.2, 0.25) is 0 Å². The van der Waals surface area contributed by atoms with Crippen molar-refractivity contribution < 1.29 is 4.74 Å². The topological polar surface area (TPSA) is 57.4 Å². The lowest BCUT2D eigenvalue weighted by atomic mass is 9.99. The number of nitriles is 1. The zero-order chi connectivity index (χ0) is 14.0. The summed E-state index contributed by atoms with van der Waals surface area (Å²) in [5.74, 6) is 1.34. The number of rotatable bonds is 1. The van der Waals surface area contributed by atoms with E-state index in [-0.39, 0.29) is 0 Å². The molecule has 0 amide bonds. The molecular formula is C14H14BrN3O. The molecule has 0 aromatic heterocycles. The molecule has 0 aliphatic carbocycles. The van der Waals surface area contributed by atoms with Gasteiger partial charge in [0.15, 0.2) is 6.19 Å². The molecule has 1 aromatic carbocycles. The van der Waals surface area contributed by atoms with Crippen LogP contribution in [0.15, 0.2) is 33.7 Å². The molecule has 0 atom stereocenters. The quantitative estimate of drug-likeness (QED) is 0.373. The van der Waals surface area contributed by atoms with Crippen LogP contribution in [-0.4, -0.2) is 11.4 Å². The van der Waals surface area contributed by atoms with Gasteiger partial charge in [0, 0.05) is 10.0 Å². The van der Waals surface area contributed by atoms with Crippen molar-refractivity contribution in [3.05, 3.63) is 34.3 Å². The van der Waals surface area contributed by atoms with Crippen molar-refractivity contribution in [2.24, 2.45) is 4.99 Å². The standard InChI is InChI=1S/C14H14BrN3O/c1-9(17-8-16)18-12-7-14(2,3)19-13-5-4-10(15)6-11(12)13/h4-7H,1-3H3,(H,17,18). The van der Waals surface area contributed by atoms with E-state index < -0.39 is 5.60 Å². The average molecular weight is 320 g/mol. The number of halogens is 1. The molecule has 1 aliphatic heterocycles. The lowest BCUT2D eigenvalue weighted by Crippen LogP contribution is -2.29. The van der Waals surface area contributed by atoms with E-state index in [0.717, 1.165) is 21.5 Å². The first-order chi connectivity index (χ1) is 8.91. The van der Waals surface area contributed by atoms with Crippen molar-refractivity contribution in [2.45, 2.75) is 26.4 Å². The third-order valence-electron chi connectivity index (χ3n) is 2.60. The SMILES string of the molecule is CC(=NC1=CC(C)(C)Oc2ccc(Br)cc21)NC#N. The fraction of sp³-hybridized carbons (Fsp3) is 0.286. The van der Waals surface area contributed by atoms with Gasteiger partial charge in [-0.05, 0) is 45.0 Å². The maximum absolute atomic E-state index is 8.61. The number of nitrogens with zero attached hydrogens (tertiary/aromatic N) is 2. The Morgan fingerprint density at radius 3 is 2.89 bits per heavy atom. The molecule has 1 heterocycles. The molecular weight excluding hydrogens is 306 g/mol. The van der Waals surface area contributed by atoms with Gasteiger partial charge < -0.3 is 4.74 Å². The van der Waals surface area contributed by atoms with Crippen molar-refractivity contribution in [3.8, 4) is 11.9 Å². The van der Waals surface area contributed by atoms with E-state index in [2.05, 4.69) is 26.2 Å². The van der Waals surface area contributed by atoms with Crippen molar-refractivity contribution in [2.75, 3.05) is 0 Å². The average Bonchev–Trinajstić information content (AvgIpc) is 2.29. The third-order valence-corrected chi connectivity index (χ3v) is 3.09. The first kappa shape index (κ1) is 13.6. The van der Waals surface area contributed by atoms with Crippen LogP contribution in [0.4, 0.5) is 0 Å². The molecule has 0 bridgehead atoms. The second-order valence-corrected chi connectivity index (χ2v) is 5.73. The molecule has 5 heteroatoms. The summed E-state index contributed by atoms with van der Waals surface area (Å²) in [7, 11) is 0. The number of nitrogens with one attached hydrogen (secondary N) is 1. The Hall–Kier alpha value is -1.80. The first-order valence-corrected chi connectivity index (χ1v) is 6.63. The Morgan fingerprint density at radius 2 is 2.21 bits per heavy atom. The van der Waals surface area contributed by atoms with Crippen molar-refractivity contribution in [1.82, 2.24) is 5.32 Å². The number of amidine groups is 1. The summed E-state index contributed by atoms with van der Waals surface area (Å²) < 4.78 is 6.85. The van der Waals surface area contributed by atoms with E-state index in [9.17, 15) is 0 Å². The zero-order valence-corrected chi connectivity index (χ0v) is 12.6. The van der Waals surface area contributed by atoms with Crippen molar-refractivity contribution >= 4 is 27.5 Å². The molecule has 0 saturated carbocycles. The summed E-state index contributed by atoms with van der Waals surface area (Å²) >= 11 is 3.44. The molecule has 1 N–H and O–H groups in total. The van der Waals surface area contributed by atoms with Gasteiger partial charge in [0.05, 0.1) is 5.70 Å². The van der Waals surface area contributed by atoms with Crippen LogP contribution in [0.2, 0.25) is 0 Å². The Labute approximate surface area is 120 Å². The van der Waals surface area contributed by atoms with Gasteiger partial charge in [-0.25, -0.2) is 4.99 Å². The van der Waals surface area contributed by atoms with Gasteiger partial charge in [0.1, 0.15) is 17.2 Å². The Balaban J connectivity index is 2.52. The fourth-order valence-electron chi connectivity index (χ4n) is 1.89. The summed E-state index contributed by atoms with van der Waals surface area (Å²) in [5, 5.41) is 11.1. The highest BCUT2D eigenvalue weighted by molar-refractivity contribution is 9.10. The third kappa shape index (κ3) is 3.15. The van der Waals surface area contributed by atoms with Crippen molar-refractivity contribution in [3.63, 3.8) is 0 Å². The molecule has 0 saturated heterocycles. The van der Waals surface area contributed by atoms with Gasteiger partial charge in [-0.1, -0.05) is 15.9 Å². The minimum atomic E-state index is -0.424. The van der Waals surface area contributed by atoms with Crippen LogP contribution in [0.3, 0.4) is 0 Å². The highest BCUT2D eigenvalue weighted by Gasteiger charge is 2.26. The molecule has 2 rings (SSSR count). The van der Waals surface area contributed by atoms with E-state index in [0.29, 0.717) is 5.84 Å². The number of ether oxygens (including phenoxy) is 1. The van der Waals surface area contributed by atoms with Gasteiger partial charge in [0.25, 0.3) is 0 Å². The second kappa shape index (κ2) is 5.06. The predicted octanol–water partition coefficient (Wildman–Crippen LogP) is 3.45. The maximum atomic E-state index is 8.61. The molecule has 0 spiro atoms. The largest absolute Gasteiger partial charge is 0.483 e. The van der Waals surface area contributed by atoms with Crippen molar-refractivity contribution in [1.29, 1.82) is 5.26 Å². The molecule has 0 unspecified atom stereocenters. The second-order valence-electron chi connectivity index (χ2n) is 4.81. The zero-order valence-electron chi connectivity index (χ0n) is 11.0. The molecule has 98 valence electrons. The molecule has 4 nitrogen and oxygen atoms in total. The van der Waals surface area contributed by atoms with E-state index >= 15 is 0 Å². The normalized spacial score (nSPS) is 16.8. The monoisotopic (exact) mass is 319 g/mol. The summed E-state index contributed by atoms with van der Waals surface area (Å²) in [4.78, 5) is 4.45. The van der Waals surface area contributed by atoms with Crippen LogP contribution >= 0.6 is 15.9 Å². The molecule has 19 heavy (non-hydrogen) atoms. The number of hydrogen-bond acceptors (Lipinski definition) is 3. The van der Waals surface area contributed by atoms with E-state index in [1.54, 1.807) is 6.92 Å². The number of aliphatic imine (C=N–C) groups is 1. The maximum Gasteiger partial charge on any atom is 0.182 e. The van der Waals surface area contributed by atoms with E-state index in [1.807, 2.05) is 44.3 Å². The summed E-state index contributed by atoms with van der Waals surface area (Å²) in [6, 6.07) is 5.80. The lowest BCUT2D eigenvalue weighted by molar-refractivity contribution is 0.158. The van der Waals surface area contributed by atoms with E-state index in [4.69, 9.17) is 10.00 Å². The number of hydrogen-bond donors (Lipinski definition) is 1. The number of fused-ring (bicyclic) bond motifs is 1. The summed E-state index contributed by atoms with van der Waals surface area (Å²) in [6.07, 6.45) is 3.81. The fourth-order valence-corrected chi connectivity index (χ4v) is 2.25. The van der Waals surface area contributed by atoms with Crippen LogP contribution < -0.4 is 10.1 Å². The Kier molecular flexibility index (Phi) is 3.63. The van der Waals surface area contributed by atoms with Gasteiger partial charge in [-0.15, -0.1) is 0 Å². The smallest absolute Gasteiger partial charge is 0.182 e. The van der Waals surface area contributed by atoms with Crippen LogP contribution in [0.1, 0.15) is 26.3 Å². The van der Waals surface area contributed by atoms with Crippen LogP contribution in [0.5, 0.6) is 5.75 Å². The minimum Gasteiger partial charge on any atom is -0.483 e. The first-order valence-electron chi connectivity index (χ1n) is 5.83. The Morgan fingerprint density at radius 1 is 1.47 bits per heavy atom. The highest BCUT2D eigenvalue weighted by Crippen LogP contribution is 2.38. The van der Waals surface area contributed by atoms with Gasteiger partial charge in [-0.2, -0.15) is 5.26 Å². The summed E-state index contributed by atoms with van der Waals surface area (Å²) in [6.45, 7) is 5.70. The highest BCUT2D eigenvalue weighted by atomic mass is 79.9. The molecule has 0 radical (unpaired) electrons. The molecule has 1 aliphatic rings. The number of benzene rings is 1. The predicted molar refractivity (Wildman–Crippen MR) is 78.7 cm³/mol. The summed E-state index contributed by atoms with van der Waals surface area (Å²) in [5.41, 5.74) is 1.28. The van der Waals surface area contributed by atoms with E-state index in [1.165, 1.54) is 0 Å². The van der Waals surface area contributed by atoms with Gasteiger partial charge >= 0.3 is 0 Å². The van der Waals surface area contributed by atoms with Crippen LogP contribution in [-0.2, 0) is 0 Å². The molecule has 1 aromatic rings. The molecule has 0 fully saturated rings.